The summed E-state index contributed by atoms with van der Waals surface area (Å²) < 4.78 is 0. The van der Waals surface area contributed by atoms with Gasteiger partial charge in [-0.25, -0.2) is 0 Å². The van der Waals surface area contributed by atoms with Gasteiger partial charge in [0.25, 0.3) is 5.69 Å². The second-order valence-corrected chi connectivity index (χ2v) is 5.07. The Kier molecular flexibility index (Phi) is 2.69. The van der Waals surface area contributed by atoms with E-state index in [1.807, 2.05) is 0 Å². The Labute approximate surface area is 100 Å². The fraction of sp³-hybridized carbons (Fsp3) is 0.500. The molecule has 1 aliphatic heterocycles. The number of non-ortho nitro benzene ring substituents is 1. The van der Waals surface area contributed by atoms with Crippen molar-refractivity contribution in [2.45, 2.75) is 32.2 Å². The summed E-state index contributed by atoms with van der Waals surface area (Å²) in [4.78, 5) is 12.5. The summed E-state index contributed by atoms with van der Waals surface area (Å²) in [6.07, 6.45) is 2.24. The molecule has 1 heterocycles. The number of nitrogen functional groups attached to an aromatic ring is 1. The van der Waals surface area contributed by atoms with E-state index in [2.05, 4.69) is 18.7 Å². The van der Waals surface area contributed by atoms with Crippen molar-refractivity contribution in [3.05, 3.63) is 28.3 Å². The first-order chi connectivity index (χ1) is 7.92. The molecular formula is C12H17N3O2. The highest BCUT2D eigenvalue weighted by Crippen LogP contribution is 2.37. The largest absolute Gasteiger partial charge is 0.397 e. The van der Waals surface area contributed by atoms with E-state index in [4.69, 9.17) is 5.73 Å². The maximum absolute atomic E-state index is 10.6. The average molecular weight is 235 g/mol. The van der Waals surface area contributed by atoms with Crippen LogP contribution >= 0.6 is 0 Å². The minimum Gasteiger partial charge on any atom is -0.397 e. The Morgan fingerprint density at radius 2 is 2.18 bits per heavy atom. The molecule has 0 atom stereocenters. The van der Waals surface area contributed by atoms with Gasteiger partial charge in [0.15, 0.2) is 0 Å². The number of nitro benzene ring substituents is 1. The summed E-state index contributed by atoms with van der Waals surface area (Å²) in [5, 5.41) is 10.6. The number of hydrogen-bond acceptors (Lipinski definition) is 4. The minimum atomic E-state index is -0.421. The van der Waals surface area contributed by atoms with Crippen LogP contribution in [0.3, 0.4) is 0 Å². The molecule has 1 aromatic carbocycles. The van der Waals surface area contributed by atoms with E-state index in [1.165, 1.54) is 12.1 Å². The van der Waals surface area contributed by atoms with Crippen LogP contribution in [0.1, 0.15) is 26.7 Å². The predicted molar refractivity (Wildman–Crippen MR) is 68.2 cm³/mol. The van der Waals surface area contributed by atoms with Crippen molar-refractivity contribution in [1.82, 2.24) is 0 Å². The van der Waals surface area contributed by atoms with Crippen molar-refractivity contribution >= 4 is 17.1 Å². The lowest BCUT2D eigenvalue weighted by molar-refractivity contribution is -0.384. The third-order valence-electron chi connectivity index (χ3n) is 3.41. The van der Waals surface area contributed by atoms with E-state index >= 15 is 0 Å². The number of nitrogens with two attached hydrogens (primary N) is 1. The maximum Gasteiger partial charge on any atom is 0.271 e. The molecule has 5 nitrogen and oxygen atoms in total. The molecule has 0 radical (unpaired) electrons. The van der Waals surface area contributed by atoms with Crippen LogP contribution in [0.15, 0.2) is 18.2 Å². The molecule has 2 N–H and O–H groups in total. The van der Waals surface area contributed by atoms with E-state index in [0.29, 0.717) is 5.69 Å². The van der Waals surface area contributed by atoms with Gasteiger partial charge in [-0.05, 0) is 32.8 Å². The predicted octanol–water partition coefficient (Wildman–Crippen LogP) is 2.56. The molecule has 17 heavy (non-hydrogen) atoms. The standard InChI is InChI=1S/C12H17N3O2/c1-12(2)6-3-7-14(12)11-5-4-9(15(16)17)8-10(11)13/h4-5,8H,3,6-7,13H2,1-2H3. The maximum atomic E-state index is 10.6. The van der Waals surface area contributed by atoms with Crippen molar-refractivity contribution in [1.29, 1.82) is 0 Å². The lowest BCUT2D eigenvalue weighted by atomic mass is 10.0. The van der Waals surface area contributed by atoms with Gasteiger partial charge in [0.1, 0.15) is 0 Å². The number of benzene rings is 1. The first kappa shape index (κ1) is 11.7. The monoisotopic (exact) mass is 235 g/mol. The van der Waals surface area contributed by atoms with E-state index in [-0.39, 0.29) is 11.2 Å². The molecule has 0 aromatic heterocycles. The van der Waals surface area contributed by atoms with Crippen molar-refractivity contribution in [3.8, 4) is 0 Å². The molecule has 2 rings (SSSR count). The molecule has 0 aliphatic carbocycles. The fourth-order valence-corrected chi connectivity index (χ4v) is 2.46. The Bertz CT molecular complexity index is 457. The van der Waals surface area contributed by atoms with Crippen LogP contribution < -0.4 is 10.6 Å². The van der Waals surface area contributed by atoms with Crippen LogP contribution in [0.4, 0.5) is 17.1 Å². The van der Waals surface area contributed by atoms with Crippen LogP contribution in [0.5, 0.6) is 0 Å². The van der Waals surface area contributed by atoms with Crippen molar-refractivity contribution in [2.75, 3.05) is 17.2 Å². The zero-order valence-electron chi connectivity index (χ0n) is 10.1. The fourth-order valence-electron chi connectivity index (χ4n) is 2.46. The zero-order valence-corrected chi connectivity index (χ0v) is 10.1. The second-order valence-electron chi connectivity index (χ2n) is 5.07. The highest BCUT2D eigenvalue weighted by molar-refractivity contribution is 5.72. The second kappa shape index (κ2) is 3.91. The minimum absolute atomic E-state index is 0.0447. The lowest BCUT2D eigenvalue weighted by Crippen LogP contribution is -2.38. The van der Waals surface area contributed by atoms with Gasteiger partial charge in [0.05, 0.1) is 16.3 Å². The normalized spacial score (nSPS) is 18.4. The van der Waals surface area contributed by atoms with Gasteiger partial charge in [0.2, 0.25) is 0 Å². The molecule has 0 saturated carbocycles. The highest BCUT2D eigenvalue weighted by atomic mass is 16.6. The van der Waals surface area contributed by atoms with E-state index < -0.39 is 4.92 Å². The van der Waals surface area contributed by atoms with Gasteiger partial charge < -0.3 is 10.6 Å². The van der Waals surface area contributed by atoms with E-state index in [9.17, 15) is 10.1 Å². The summed E-state index contributed by atoms with van der Waals surface area (Å²) in [6.45, 7) is 5.29. The van der Waals surface area contributed by atoms with Crippen LogP contribution in [0.25, 0.3) is 0 Å². The highest BCUT2D eigenvalue weighted by Gasteiger charge is 2.33. The molecule has 0 amide bonds. The quantitative estimate of drug-likeness (QED) is 0.485. The lowest BCUT2D eigenvalue weighted by Gasteiger charge is -2.34. The molecule has 0 bridgehead atoms. The number of nitrogens with zero attached hydrogens (tertiary/aromatic N) is 2. The molecular weight excluding hydrogens is 218 g/mol. The SMILES string of the molecule is CC1(C)CCCN1c1ccc([N+](=O)[O-])cc1N. The first-order valence-corrected chi connectivity index (χ1v) is 5.73. The number of anilines is 2. The van der Waals surface area contributed by atoms with Gasteiger partial charge in [-0.15, -0.1) is 0 Å². The number of hydrogen-bond donors (Lipinski definition) is 1. The smallest absolute Gasteiger partial charge is 0.271 e. The Morgan fingerprint density at radius 3 is 2.65 bits per heavy atom. The Hall–Kier alpha value is -1.78. The Balaban J connectivity index is 2.37. The van der Waals surface area contributed by atoms with Crippen LogP contribution in [0.2, 0.25) is 0 Å². The molecule has 1 aromatic rings. The summed E-state index contributed by atoms with van der Waals surface area (Å²) in [5.41, 5.74) is 7.41. The van der Waals surface area contributed by atoms with Crippen LogP contribution in [0, 0.1) is 10.1 Å². The molecule has 0 spiro atoms. The van der Waals surface area contributed by atoms with Gasteiger partial charge in [-0.1, -0.05) is 0 Å². The molecule has 5 heteroatoms. The molecule has 0 unspecified atom stereocenters. The van der Waals surface area contributed by atoms with Crippen LogP contribution in [-0.4, -0.2) is 17.0 Å². The van der Waals surface area contributed by atoms with Gasteiger partial charge >= 0.3 is 0 Å². The number of nitro groups is 1. The number of rotatable bonds is 2. The van der Waals surface area contributed by atoms with Crippen molar-refractivity contribution in [3.63, 3.8) is 0 Å². The molecule has 1 saturated heterocycles. The third-order valence-corrected chi connectivity index (χ3v) is 3.41. The van der Waals surface area contributed by atoms with Crippen LogP contribution in [-0.2, 0) is 0 Å². The van der Waals surface area contributed by atoms with Crippen molar-refractivity contribution < 1.29 is 4.92 Å². The summed E-state index contributed by atoms with van der Waals surface area (Å²) in [7, 11) is 0. The molecule has 1 fully saturated rings. The van der Waals surface area contributed by atoms with Crippen molar-refractivity contribution in [2.24, 2.45) is 0 Å². The molecule has 1 aliphatic rings. The molecule has 92 valence electrons. The summed E-state index contributed by atoms with van der Waals surface area (Å²) >= 11 is 0. The zero-order chi connectivity index (χ0) is 12.6. The third kappa shape index (κ3) is 2.05. The van der Waals surface area contributed by atoms with E-state index in [1.54, 1.807) is 6.07 Å². The topological polar surface area (TPSA) is 72.4 Å². The summed E-state index contributed by atoms with van der Waals surface area (Å²) in [6, 6.07) is 4.70. The van der Waals surface area contributed by atoms with Gasteiger partial charge in [-0.2, -0.15) is 0 Å². The first-order valence-electron chi connectivity index (χ1n) is 5.73. The van der Waals surface area contributed by atoms with E-state index in [0.717, 1.165) is 25.1 Å². The Morgan fingerprint density at radius 1 is 1.47 bits per heavy atom. The summed E-state index contributed by atoms with van der Waals surface area (Å²) in [5.74, 6) is 0. The van der Waals surface area contributed by atoms with Gasteiger partial charge in [0, 0.05) is 24.2 Å². The average Bonchev–Trinajstić information content (AvgIpc) is 2.58. The van der Waals surface area contributed by atoms with Gasteiger partial charge in [-0.3, -0.25) is 10.1 Å².